The Morgan fingerprint density at radius 2 is 1.97 bits per heavy atom. The van der Waals surface area contributed by atoms with Crippen LogP contribution in [-0.4, -0.2) is 65.0 Å². The number of fused-ring (bicyclic) bond motifs is 1. The van der Waals surface area contributed by atoms with Crippen molar-refractivity contribution in [3.8, 4) is 5.75 Å². The Morgan fingerprint density at radius 1 is 1.24 bits per heavy atom. The molecule has 0 radical (unpaired) electrons. The lowest BCUT2D eigenvalue weighted by Crippen LogP contribution is -2.39. The minimum Gasteiger partial charge on any atom is -0.507 e. The number of ether oxygens (including phenoxy) is 1. The number of aromatic hydroxyl groups is 1. The molecule has 7 heteroatoms. The van der Waals surface area contributed by atoms with Gasteiger partial charge in [0.15, 0.2) is 0 Å². The van der Waals surface area contributed by atoms with Gasteiger partial charge in [0.1, 0.15) is 5.75 Å². The van der Waals surface area contributed by atoms with Gasteiger partial charge < -0.3 is 20.1 Å². The highest BCUT2D eigenvalue weighted by Crippen LogP contribution is 2.46. The molecule has 2 amide bonds. The molecule has 1 aromatic rings. The largest absolute Gasteiger partial charge is 0.507 e. The molecule has 3 rings (SSSR count). The first-order chi connectivity index (χ1) is 16.4. The number of amides is 2. The molecular weight excluding hydrogens is 434 g/mol. The van der Waals surface area contributed by atoms with Gasteiger partial charge in [-0.3, -0.25) is 14.5 Å². The van der Waals surface area contributed by atoms with Crippen molar-refractivity contribution in [1.29, 1.82) is 0 Å². The number of methoxy groups -OCH3 is 1. The van der Waals surface area contributed by atoms with Crippen molar-refractivity contribution >= 4 is 17.9 Å². The molecule has 1 aliphatic heterocycles. The van der Waals surface area contributed by atoms with Gasteiger partial charge in [-0.25, -0.2) is 0 Å². The van der Waals surface area contributed by atoms with Gasteiger partial charge in [0.05, 0.1) is 31.2 Å². The summed E-state index contributed by atoms with van der Waals surface area (Å²) >= 11 is 0. The predicted octanol–water partition coefficient (Wildman–Crippen LogP) is 3.29. The van der Waals surface area contributed by atoms with Crippen LogP contribution in [0.25, 0.3) is 6.08 Å². The number of allylic oxidation sites excluding steroid dienone is 1. The smallest absolute Gasteiger partial charge is 0.233 e. The molecule has 0 saturated carbocycles. The van der Waals surface area contributed by atoms with Crippen LogP contribution in [0.5, 0.6) is 5.75 Å². The Hall–Kier alpha value is -2.48. The zero-order valence-electron chi connectivity index (χ0n) is 20.4. The summed E-state index contributed by atoms with van der Waals surface area (Å²) in [5, 5.41) is 31.7. The third kappa shape index (κ3) is 5.27. The van der Waals surface area contributed by atoms with E-state index >= 15 is 0 Å². The van der Waals surface area contributed by atoms with E-state index in [1.807, 2.05) is 32.1 Å². The van der Waals surface area contributed by atoms with E-state index in [2.05, 4.69) is 0 Å². The number of carbonyl (C=O) groups excluding carboxylic acids is 2. The van der Waals surface area contributed by atoms with Crippen molar-refractivity contribution in [1.82, 2.24) is 4.90 Å². The average Bonchev–Trinajstić information content (AvgIpc) is 3.06. The van der Waals surface area contributed by atoms with E-state index in [0.29, 0.717) is 37.8 Å². The van der Waals surface area contributed by atoms with Crippen molar-refractivity contribution in [2.24, 2.45) is 17.8 Å². The first-order valence-corrected chi connectivity index (χ1v) is 12.2. The maximum atomic E-state index is 13.1. The van der Waals surface area contributed by atoms with Crippen LogP contribution in [0, 0.1) is 17.8 Å². The Labute approximate surface area is 201 Å². The summed E-state index contributed by atoms with van der Waals surface area (Å²) in [7, 11) is 1.56. The van der Waals surface area contributed by atoms with Crippen LogP contribution in [0.4, 0.5) is 0 Å². The summed E-state index contributed by atoms with van der Waals surface area (Å²) < 4.78 is 5.38. The van der Waals surface area contributed by atoms with Gasteiger partial charge in [-0.2, -0.15) is 0 Å². The molecule has 2 aliphatic rings. The molecule has 0 unspecified atom stereocenters. The van der Waals surface area contributed by atoms with E-state index in [4.69, 9.17) is 4.74 Å². The highest BCUT2D eigenvalue weighted by molar-refractivity contribution is 6.05. The zero-order valence-corrected chi connectivity index (χ0v) is 20.4. The van der Waals surface area contributed by atoms with Crippen LogP contribution < -0.4 is 0 Å². The molecule has 186 valence electrons. The van der Waals surface area contributed by atoms with Crippen LogP contribution in [0.3, 0.4) is 0 Å². The molecule has 1 aromatic carbocycles. The standard InChI is InChI=1S/C27H37NO6/c1-4-12-28-26(32)20-14-19(16-34-3)24(21(15-29)25(20)27(28)33)23(31)11-10-17(5-2)13-18-8-6-7-9-22(18)30/h6-9,13,20-21,23,25,29-31H,4-5,10-12,14-16H2,1-3H3/b17-13+/t20-,21+,23-,25-/m1/s1. The summed E-state index contributed by atoms with van der Waals surface area (Å²) in [4.78, 5) is 27.4. The Kier molecular flexibility index (Phi) is 9.05. The maximum Gasteiger partial charge on any atom is 0.233 e. The number of nitrogens with zero attached hydrogens (tertiary/aromatic N) is 1. The molecule has 7 nitrogen and oxygen atoms in total. The fourth-order valence-electron chi connectivity index (χ4n) is 5.43. The minimum atomic E-state index is -0.870. The van der Waals surface area contributed by atoms with Gasteiger partial charge in [-0.05, 0) is 49.3 Å². The van der Waals surface area contributed by atoms with E-state index in [1.165, 1.54) is 4.90 Å². The van der Waals surface area contributed by atoms with Crippen molar-refractivity contribution < 1.29 is 29.6 Å². The van der Waals surface area contributed by atoms with E-state index in [-0.39, 0.29) is 30.8 Å². The molecule has 4 atom stereocenters. The number of phenols is 1. The second kappa shape index (κ2) is 11.8. The monoisotopic (exact) mass is 471 g/mol. The fraction of sp³-hybridized carbons (Fsp3) is 0.556. The number of phenolic OH excluding ortho intramolecular Hbond substituents is 1. The van der Waals surface area contributed by atoms with E-state index < -0.39 is 23.9 Å². The highest BCUT2D eigenvalue weighted by Gasteiger charge is 2.54. The van der Waals surface area contributed by atoms with Gasteiger partial charge in [0.25, 0.3) is 0 Å². The van der Waals surface area contributed by atoms with Crippen molar-refractivity contribution in [3.05, 3.63) is 46.5 Å². The lowest BCUT2D eigenvalue weighted by Gasteiger charge is -2.36. The van der Waals surface area contributed by atoms with E-state index in [9.17, 15) is 24.9 Å². The summed E-state index contributed by atoms with van der Waals surface area (Å²) in [6.07, 6.45) is 3.87. The number of para-hydroxylation sites is 1. The van der Waals surface area contributed by atoms with Crippen molar-refractivity contribution in [2.45, 2.75) is 52.1 Å². The van der Waals surface area contributed by atoms with Gasteiger partial charge >= 0.3 is 0 Å². The van der Waals surface area contributed by atoms with Gasteiger partial charge in [-0.15, -0.1) is 0 Å². The molecule has 1 heterocycles. The highest BCUT2D eigenvalue weighted by atomic mass is 16.5. The van der Waals surface area contributed by atoms with Crippen LogP contribution in [0.15, 0.2) is 41.0 Å². The quantitative estimate of drug-likeness (QED) is 0.338. The Morgan fingerprint density at radius 3 is 2.59 bits per heavy atom. The van der Waals surface area contributed by atoms with Gasteiger partial charge in [0.2, 0.25) is 11.8 Å². The maximum absolute atomic E-state index is 13.1. The SMILES string of the molecule is CCCN1C(=O)[C@@H]2[C@@H](CC(COC)=C([C@H](O)CC/C(=C/c3ccccc3O)CC)[C@@H]2CO)C1=O. The molecule has 0 bridgehead atoms. The van der Waals surface area contributed by atoms with E-state index in [0.717, 1.165) is 23.1 Å². The topological polar surface area (TPSA) is 107 Å². The number of carbonyl (C=O) groups is 2. The molecule has 0 aromatic heterocycles. The molecule has 1 aliphatic carbocycles. The predicted molar refractivity (Wildman–Crippen MR) is 130 cm³/mol. The van der Waals surface area contributed by atoms with Crippen LogP contribution >= 0.6 is 0 Å². The van der Waals surface area contributed by atoms with E-state index in [1.54, 1.807) is 19.2 Å². The molecule has 3 N–H and O–H groups in total. The minimum absolute atomic E-state index is 0.184. The second-order valence-electron chi connectivity index (χ2n) is 9.21. The first kappa shape index (κ1) is 26.1. The second-order valence-corrected chi connectivity index (χ2v) is 9.21. The number of benzene rings is 1. The van der Waals surface area contributed by atoms with Crippen molar-refractivity contribution in [2.75, 3.05) is 26.9 Å². The molecule has 34 heavy (non-hydrogen) atoms. The number of imide groups is 1. The first-order valence-electron chi connectivity index (χ1n) is 12.2. The number of rotatable bonds is 11. The third-order valence-electron chi connectivity index (χ3n) is 7.09. The lowest BCUT2D eigenvalue weighted by atomic mass is 9.68. The number of likely N-dealkylation sites (tertiary alicyclic amines) is 1. The lowest BCUT2D eigenvalue weighted by molar-refractivity contribution is -0.140. The summed E-state index contributed by atoms with van der Waals surface area (Å²) in [6.45, 7) is 4.26. The number of aliphatic hydroxyl groups is 2. The number of hydrogen-bond acceptors (Lipinski definition) is 6. The fourth-order valence-corrected chi connectivity index (χ4v) is 5.43. The molecule has 1 saturated heterocycles. The Bertz CT molecular complexity index is 952. The Balaban J connectivity index is 1.85. The van der Waals surface area contributed by atoms with Gasteiger partial charge in [0, 0.05) is 25.1 Å². The van der Waals surface area contributed by atoms with Gasteiger partial charge in [-0.1, -0.05) is 43.7 Å². The van der Waals surface area contributed by atoms with Crippen LogP contribution in [-0.2, 0) is 14.3 Å². The molecule has 0 spiro atoms. The number of aliphatic hydroxyl groups excluding tert-OH is 2. The normalized spacial score (nSPS) is 24.1. The van der Waals surface area contributed by atoms with Crippen molar-refractivity contribution in [3.63, 3.8) is 0 Å². The average molecular weight is 472 g/mol. The number of hydrogen-bond donors (Lipinski definition) is 3. The third-order valence-corrected chi connectivity index (χ3v) is 7.09. The van der Waals surface area contributed by atoms with Crippen LogP contribution in [0.2, 0.25) is 0 Å². The summed E-state index contributed by atoms with van der Waals surface area (Å²) in [5.74, 6) is -1.98. The van der Waals surface area contributed by atoms with Crippen LogP contribution in [0.1, 0.15) is 51.5 Å². The molecular formula is C27H37NO6. The zero-order chi connectivity index (χ0) is 24.8. The summed E-state index contributed by atoms with van der Waals surface area (Å²) in [6, 6.07) is 7.12. The summed E-state index contributed by atoms with van der Waals surface area (Å²) in [5.41, 5.74) is 3.25. The molecule has 1 fully saturated rings.